The highest BCUT2D eigenvalue weighted by Gasteiger charge is 2.17. The number of aromatic nitrogens is 1. The molecule has 7 heteroatoms. The van der Waals surface area contributed by atoms with Gasteiger partial charge < -0.3 is 19.5 Å². The number of ether oxygens (including phenoxy) is 3. The standard InChI is InChI=1S/C15H18N2O4S/c1-5-21-14(18)13-9(2)16-15(22-13)17-11-8-10(19-3)6-7-12(11)20-4/h6-8H,5H2,1-4H3,(H,16,17). The van der Waals surface area contributed by atoms with Gasteiger partial charge in [-0.05, 0) is 26.0 Å². The molecule has 2 rings (SSSR count). The van der Waals surface area contributed by atoms with Gasteiger partial charge in [0.1, 0.15) is 16.4 Å². The van der Waals surface area contributed by atoms with E-state index in [9.17, 15) is 4.79 Å². The molecule has 0 aliphatic heterocycles. The van der Waals surface area contributed by atoms with Crippen LogP contribution in [0, 0.1) is 6.92 Å². The highest BCUT2D eigenvalue weighted by molar-refractivity contribution is 7.17. The fourth-order valence-electron chi connectivity index (χ4n) is 1.86. The Labute approximate surface area is 133 Å². The summed E-state index contributed by atoms with van der Waals surface area (Å²) in [6.07, 6.45) is 0. The van der Waals surface area contributed by atoms with Crippen LogP contribution in [0.15, 0.2) is 18.2 Å². The Kier molecular flexibility index (Phi) is 5.21. The predicted molar refractivity (Wildman–Crippen MR) is 85.6 cm³/mol. The summed E-state index contributed by atoms with van der Waals surface area (Å²) in [5.74, 6) is 0.997. The second kappa shape index (κ2) is 7.13. The molecule has 0 atom stereocenters. The number of anilines is 2. The second-order valence-corrected chi connectivity index (χ2v) is 5.34. The summed E-state index contributed by atoms with van der Waals surface area (Å²) in [6, 6.07) is 5.41. The molecule has 6 nitrogen and oxygen atoms in total. The third-order valence-corrected chi connectivity index (χ3v) is 3.96. The Morgan fingerprint density at radius 1 is 1.32 bits per heavy atom. The van der Waals surface area contributed by atoms with Gasteiger partial charge in [-0.15, -0.1) is 0 Å². The lowest BCUT2D eigenvalue weighted by Crippen LogP contribution is -2.03. The van der Waals surface area contributed by atoms with E-state index in [2.05, 4.69) is 10.3 Å². The number of hydrogen-bond donors (Lipinski definition) is 1. The van der Waals surface area contributed by atoms with E-state index in [1.54, 1.807) is 46.3 Å². The zero-order valence-electron chi connectivity index (χ0n) is 12.9. The van der Waals surface area contributed by atoms with Crippen LogP contribution in [0.5, 0.6) is 11.5 Å². The molecular formula is C15H18N2O4S. The van der Waals surface area contributed by atoms with Crippen LogP contribution >= 0.6 is 11.3 Å². The number of carbonyl (C=O) groups excluding carboxylic acids is 1. The van der Waals surface area contributed by atoms with E-state index in [0.29, 0.717) is 39.5 Å². The Balaban J connectivity index is 2.27. The SMILES string of the molecule is CCOC(=O)c1sc(Nc2cc(OC)ccc2OC)nc1C. The van der Waals surface area contributed by atoms with Crippen molar-refractivity contribution in [2.45, 2.75) is 13.8 Å². The number of rotatable bonds is 6. The first-order valence-electron chi connectivity index (χ1n) is 6.72. The zero-order valence-corrected chi connectivity index (χ0v) is 13.7. The van der Waals surface area contributed by atoms with Crippen LogP contribution in [0.1, 0.15) is 22.3 Å². The third-order valence-electron chi connectivity index (χ3n) is 2.91. The van der Waals surface area contributed by atoms with Crippen molar-refractivity contribution in [1.29, 1.82) is 0 Å². The fraction of sp³-hybridized carbons (Fsp3) is 0.333. The summed E-state index contributed by atoms with van der Waals surface area (Å²) in [5.41, 5.74) is 1.35. The largest absolute Gasteiger partial charge is 0.497 e. The lowest BCUT2D eigenvalue weighted by molar-refractivity contribution is 0.0531. The van der Waals surface area contributed by atoms with E-state index in [-0.39, 0.29) is 5.97 Å². The molecule has 0 saturated carbocycles. The Bertz CT molecular complexity index is 670. The molecule has 0 saturated heterocycles. The maximum atomic E-state index is 11.8. The minimum Gasteiger partial charge on any atom is -0.497 e. The van der Waals surface area contributed by atoms with Crippen LogP contribution in [0.4, 0.5) is 10.8 Å². The molecule has 0 fully saturated rings. The zero-order chi connectivity index (χ0) is 16.1. The molecule has 0 bridgehead atoms. The van der Waals surface area contributed by atoms with Crippen molar-refractivity contribution in [3.05, 3.63) is 28.8 Å². The maximum absolute atomic E-state index is 11.8. The quantitative estimate of drug-likeness (QED) is 0.822. The van der Waals surface area contributed by atoms with Gasteiger partial charge in [0.15, 0.2) is 5.13 Å². The van der Waals surface area contributed by atoms with Gasteiger partial charge in [-0.2, -0.15) is 0 Å². The van der Waals surface area contributed by atoms with E-state index in [0.717, 1.165) is 0 Å². The average Bonchev–Trinajstić information content (AvgIpc) is 2.88. The maximum Gasteiger partial charge on any atom is 0.350 e. The highest BCUT2D eigenvalue weighted by atomic mass is 32.1. The van der Waals surface area contributed by atoms with Crippen LogP contribution in [0.3, 0.4) is 0 Å². The molecule has 2 aromatic rings. The van der Waals surface area contributed by atoms with E-state index in [4.69, 9.17) is 14.2 Å². The van der Waals surface area contributed by atoms with Crippen LogP contribution in [0.25, 0.3) is 0 Å². The number of nitrogens with one attached hydrogen (secondary N) is 1. The van der Waals surface area contributed by atoms with Crippen LogP contribution in [-0.2, 0) is 4.74 Å². The summed E-state index contributed by atoms with van der Waals surface area (Å²) in [5, 5.41) is 3.74. The van der Waals surface area contributed by atoms with Crippen LogP contribution in [0.2, 0.25) is 0 Å². The van der Waals surface area contributed by atoms with Crippen molar-refractivity contribution in [3.63, 3.8) is 0 Å². The Morgan fingerprint density at radius 3 is 2.73 bits per heavy atom. The average molecular weight is 322 g/mol. The van der Waals surface area contributed by atoms with E-state index in [1.165, 1.54) is 11.3 Å². The smallest absolute Gasteiger partial charge is 0.350 e. The lowest BCUT2D eigenvalue weighted by Gasteiger charge is -2.10. The molecule has 118 valence electrons. The van der Waals surface area contributed by atoms with Crippen molar-refractivity contribution in [1.82, 2.24) is 4.98 Å². The Morgan fingerprint density at radius 2 is 2.09 bits per heavy atom. The molecule has 22 heavy (non-hydrogen) atoms. The van der Waals surface area contributed by atoms with E-state index in [1.807, 2.05) is 0 Å². The first-order valence-corrected chi connectivity index (χ1v) is 7.54. The number of methoxy groups -OCH3 is 2. The van der Waals surface area contributed by atoms with Gasteiger partial charge in [0.05, 0.1) is 32.2 Å². The van der Waals surface area contributed by atoms with Crippen molar-refractivity contribution in [2.75, 3.05) is 26.1 Å². The molecule has 1 aromatic heterocycles. The molecule has 0 amide bonds. The molecule has 0 aliphatic rings. The van der Waals surface area contributed by atoms with E-state index < -0.39 is 0 Å². The second-order valence-electron chi connectivity index (χ2n) is 4.35. The number of aryl methyl sites for hydroxylation is 1. The highest BCUT2D eigenvalue weighted by Crippen LogP contribution is 2.33. The molecule has 0 spiro atoms. The van der Waals surface area contributed by atoms with Gasteiger partial charge in [0, 0.05) is 6.07 Å². The third kappa shape index (κ3) is 3.48. The summed E-state index contributed by atoms with van der Waals surface area (Å²) >= 11 is 1.24. The molecule has 1 N–H and O–H groups in total. The number of hydrogen-bond acceptors (Lipinski definition) is 7. The molecule has 1 aromatic carbocycles. The number of carbonyl (C=O) groups is 1. The fourth-order valence-corrected chi connectivity index (χ4v) is 2.74. The summed E-state index contributed by atoms with van der Waals surface area (Å²) < 4.78 is 15.5. The van der Waals surface area contributed by atoms with Gasteiger partial charge in [-0.25, -0.2) is 9.78 Å². The summed E-state index contributed by atoms with van der Waals surface area (Å²) in [7, 11) is 3.18. The molecule has 0 radical (unpaired) electrons. The summed E-state index contributed by atoms with van der Waals surface area (Å²) in [6.45, 7) is 3.88. The van der Waals surface area contributed by atoms with Crippen molar-refractivity contribution in [3.8, 4) is 11.5 Å². The molecular weight excluding hydrogens is 304 g/mol. The van der Waals surface area contributed by atoms with Crippen LogP contribution < -0.4 is 14.8 Å². The number of esters is 1. The monoisotopic (exact) mass is 322 g/mol. The van der Waals surface area contributed by atoms with Crippen LogP contribution in [-0.4, -0.2) is 31.8 Å². The number of nitrogens with zero attached hydrogens (tertiary/aromatic N) is 1. The Hall–Kier alpha value is -2.28. The van der Waals surface area contributed by atoms with Crippen molar-refractivity contribution in [2.24, 2.45) is 0 Å². The first-order chi connectivity index (χ1) is 10.6. The lowest BCUT2D eigenvalue weighted by atomic mass is 10.2. The number of benzene rings is 1. The van der Waals surface area contributed by atoms with Crippen molar-refractivity contribution >= 4 is 28.1 Å². The minimum absolute atomic E-state index is 0.336. The van der Waals surface area contributed by atoms with Gasteiger partial charge in [-0.1, -0.05) is 11.3 Å². The first kappa shape index (κ1) is 16.1. The van der Waals surface area contributed by atoms with Gasteiger partial charge >= 0.3 is 5.97 Å². The van der Waals surface area contributed by atoms with Crippen molar-refractivity contribution < 1.29 is 19.0 Å². The topological polar surface area (TPSA) is 69.7 Å². The molecule has 0 unspecified atom stereocenters. The van der Waals surface area contributed by atoms with E-state index >= 15 is 0 Å². The molecule has 1 heterocycles. The number of thiazole rings is 1. The minimum atomic E-state index is -0.358. The predicted octanol–water partition coefficient (Wildman–Crippen LogP) is 3.39. The normalized spacial score (nSPS) is 10.2. The van der Waals surface area contributed by atoms with Gasteiger partial charge in [0.2, 0.25) is 0 Å². The summed E-state index contributed by atoms with van der Waals surface area (Å²) in [4.78, 5) is 16.7. The molecule has 0 aliphatic carbocycles. The van der Waals surface area contributed by atoms with Gasteiger partial charge in [-0.3, -0.25) is 0 Å². The van der Waals surface area contributed by atoms with Gasteiger partial charge in [0.25, 0.3) is 0 Å².